The molecule has 0 aliphatic heterocycles. The molecule has 0 bridgehead atoms. The van der Waals surface area contributed by atoms with Crippen LogP contribution in [0.2, 0.25) is 0 Å². The lowest BCUT2D eigenvalue weighted by Gasteiger charge is -2.34. The second-order valence-electron chi connectivity index (χ2n) is 6.27. The van der Waals surface area contributed by atoms with Crippen LogP contribution in [0, 0.1) is 0 Å². The van der Waals surface area contributed by atoms with Gasteiger partial charge in [-0.15, -0.1) is 0 Å². The summed E-state index contributed by atoms with van der Waals surface area (Å²) >= 11 is 5.22. The van der Waals surface area contributed by atoms with Crippen molar-refractivity contribution in [3.63, 3.8) is 0 Å². The first-order chi connectivity index (χ1) is 11.1. The molecule has 0 aromatic carbocycles. The Labute approximate surface area is 150 Å². The van der Waals surface area contributed by atoms with Gasteiger partial charge in [0.25, 0.3) is 0 Å². The van der Waals surface area contributed by atoms with Gasteiger partial charge in [0.15, 0.2) is 0 Å². The third-order valence-corrected chi connectivity index (χ3v) is 4.62. The predicted octanol–water partition coefficient (Wildman–Crippen LogP) is 3.68. The quantitative estimate of drug-likeness (QED) is 0.240. The van der Waals surface area contributed by atoms with E-state index in [0.29, 0.717) is 0 Å². The van der Waals surface area contributed by atoms with E-state index in [-0.39, 0.29) is 0 Å². The van der Waals surface area contributed by atoms with Crippen molar-refractivity contribution in [1.29, 1.82) is 0 Å². The molecule has 0 saturated carbocycles. The highest BCUT2D eigenvalue weighted by molar-refractivity contribution is 7.78. The topological polar surface area (TPSA) is 13.0 Å². The zero-order chi connectivity index (χ0) is 17.5. The zero-order valence-electron chi connectivity index (χ0n) is 16.3. The Hall–Kier alpha value is -0.230. The lowest BCUT2D eigenvalue weighted by Crippen LogP contribution is -2.46. The van der Waals surface area contributed by atoms with Gasteiger partial charge >= 0.3 is 0 Å². The Kier molecular flexibility index (Phi) is 15.2. The van der Waals surface area contributed by atoms with Crippen LogP contribution >= 0.6 is 12.2 Å². The van der Waals surface area contributed by atoms with Crippen LogP contribution < -0.4 is 0 Å². The molecule has 0 amide bonds. The first-order valence-corrected chi connectivity index (χ1v) is 9.97. The Morgan fingerprint density at radius 2 is 1.26 bits per heavy atom. The molecule has 0 rings (SSSR count). The molecule has 0 aromatic rings. The predicted molar refractivity (Wildman–Crippen MR) is 107 cm³/mol. The molecular weight excluding hydrogens is 304 g/mol. The molecule has 0 aliphatic carbocycles. The highest BCUT2D eigenvalue weighted by atomic mass is 32.1. The molecule has 0 radical (unpaired) electrons. The van der Waals surface area contributed by atoms with Crippen LogP contribution in [0.3, 0.4) is 0 Å². The van der Waals surface area contributed by atoms with Crippen LogP contribution in [0.15, 0.2) is 0 Å². The average molecular weight is 345 g/mol. The van der Waals surface area contributed by atoms with Crippen LogP contribution in [-0.4, -0.2) is 78.3 Å². The number of nitrogens with zero attached hydrogens (tertiary/aromatic N) is 4. The summed E-state index contributed by atoms with van der Waals surface area (Å²) < 4.78 is 0. The largest absolute Gasteiger partial charge is 0.303 e. The van der Waals surface area contributed by atoms with Crippen molar-refractivity contribution in [2.75, 3.05) is 53.0 Å². The Morgan fingerprint density at radius 3 is 1.70 bits per heavy atom. The second kappa shape index (κ2) is 15.3. The maximum Gasteiger partial charge on any atom is 0.0790 e. The molecule has 23 heavy (non-hydrogen) atoms. The third-order valence-electron chi connectivity index (χ3n) is 4.38. The average Bonchev–Trinajstić information content (AvgIpc) is 2.57. The summed E-state index contributed by atoms with van der Waals surface area (Å²) in [5, 5.41) is 4.42. The van der Waals surface area contributed by atoms with E-state index in [1.165, 1.54) is 51.7 Å². The van der Waals surface area contributed by atoms with Crippen molar-refractivity contribution < 1.29 is 0 Å². The van der Waals surface area contributed by atoms with Crippen molar-refractivity contribution in [3.8, 4) is 0 Å². The van der Waals surface area contributed by atoms with Gasteiger partial charge in [0.1, 0.15) is 0 Å². The van der Waals surface area contributed by atoms with Crippen LogP contribution in [0.4, 0.5) is 0 Å². The second-order valence-corrected chi connectivity index (χ2v) is 6.48. The monoisotopic (exact) mass is 344 g/mol. The maximum atomic E-state index is 5.22. The third kappa shape index (κ3) is 11.0. The fourth-order valence-electron chi connectivity index (χ4n) is 2.65. The van der Waals surface area contributed by atoms with E-state index in [2.05, 4.69) is 54.6 Å². The SMILES string of the molecule is CCCCN(CCCC)CCCN(C=S)N(C)CN(CC)CC. The number of thiocarbonyl (C=S) groups is 1. The lowest BCUT2D eigenvalue weighted by molar-refractivity contribution is 0.0214. The minimum absolute atomic E-state index is 0.940. The molecule has 4 nitrogen and oxygen atoms in total. The van der Waals surface area contributed by atoms with E-state index >= 15 is 0 Å². The summed E-state index contributed by atoms with van der Waals surface area (Å²) in [5.41, 5.74) is 1.80. The maximum absolute atomic E-state index is 5.22. The molecule has 0 spiro atoms. The summed E-state index contributed by atoms with van der Waals surface area (Å²) in [6.07, 6.45) is 6.34. The van der Waals surface area contributed by atoms with E-state index < -0.39 is 0 Å². The van der Waals surface area contributed by atoms with Gasteiger partial charge in [-0.05, 0) is 52.0 Å². The van der Waals surface area contributed by atoms with E-state index in [4.69, 9.17) is 12.2 Å². The van der Waals surface area contributed by atoms with Crippen LogP contribution in [0.1, 0.15) is 59.8 Å². The van der Waals surface area contributed by atoms with E-state index in [1.807, 2.05) is 0 Å². The lowest BCUT2D eigenvalue weighted by atomic mass is 10.2. The van der Waals surface area contributed by atoms with Gasteiger partial charge < -0.3 is 9.91 Å². The van der Waals surface area contributed by atoms with E-state index in [0.717, 1.165) is 26.3 Å². The molecule has 0 saturated heterocycles. The number of rotatable bonds is 16. The molecule has 0 aliphatic rings. The fraction of sp³-hybridized carbons (Fsp3) is 0.944. The first kappa shape index (κ1) is 22.8. The van der Waals surface area contributed by atoms with Crippen LogP contribution in [0.25, 0.3) is 0 Å². The summed E-state index contributed by atoms with van der Waals surface area (Å²) in [7, 11) is 2.13. The normalized spacial score (nSPS) is 11.7. The molecule has 0 atom stereocenters. The molecular formula is C18H40N4S. The summed E-state index contributed by atoms with van der Waals surface area (Å²) in [6.45, 7) is 16.7. The van der Waals surface area contributed by atoms with E-state index in [1.54, 1.807) is 5.49 Å². The van der Waals surface area contributed by atoms with Crippen molar-refractivity contribution in [2.24, 2.45) is 0 Å². The standard InChI is InChI=1S/C18H40N4S/c1-6-10-13-21(14-11-7-2)15-12-16-22(18-23)19(5)17-20(8-3)9-4/h18H,6-17H2,1-5H3. The summed E-state index contributed by atoms with van der Waals surface area (Å²) in [5.74, 6) is 0. The van der Waals surface area contributed by atoms with Gasteiger partial charge in [0, 0.05) is 13.6 Å². The molecule has 0 N–H and O–H groups in total. The first-order valence-electron chi connectivity index (χ1n) is 9.50. The molecule has 0 aromatic heterocycles. The number of hydrogen-bond acceptors (Lipinski definition) is 4. The minimum Gasteiger partial charge on any atom is -0.303 e. The fourth-order valence-corrected chi connectivity index (χ4v) is 2.92. The number of hydrazine groups is 1. The van der Waals surface area contributed by atoms with Gasteiger partial charge in [-0.2, -0.15) is 0 Å². The Morgan fingerprint density at radius 1 is 0.739 bits per heavy atom. The van der Waals surface area contributed by atoms with Crippen molar-refractivity contribution in [3.05, 3.63) is 0 Å². The van der Waals surface area contributed by atoms with Gasteiger partial charge in [-0.25, -0.2) is 5.01 Å². The smallest absolute Gasteiger partial charge is 0.0790 e. The molecule has 5 heteroatoms. The Bertz CT molecular complexity index is 264. The molecule has 0 fully saturated rings. The zero-order valence-corrected chi connectivity index (χ0v) is 17.1. The van der Waals surface area contributed by atoms with Crippen molar-refractivity contribution >= 4 is 17.7 Å². The summed E-state index contributed by atoms with van der Waals surface area (Å²) in [4.78, 5) is 5.03. The van der Waals surface area contributed by atoms with Crippen LogP contribution in [-0.2, 0) is 0 Å². The van der Waals surface area contributed by atoms with Crippen LogP contribution in [0.5, 0.6) is 0 Å². The Balaban J connectivity index is 4.21. The van der Waals surface area contributed by atoms with Gasteiger partial charge in [-0.3, -0.25) is 4.90 Å². The molecule has 0 unspecified atom stereocenters. The number of hydrogen-bond donors (Lipinski definition) is 0. The van der Waals surface area contributed by atoms with Gasteiger partial charge in [0.05, 0.1) is 12.2 Å². The minimum atomic E-state index is 0.940. The highest BCUT2D eigenvalue weighted by Gasteiger charge is 2.11. The molecule has 0 heterocycles. The van der Waals surface area contributed by atoms with Crippen molar-refractivity contribution in [1.82, 2.24) is 19.8 Å². The van der Waals surface area contributed by atoms with Gasteiger partial charge in [0.2, 0.25) is 0 Å². The molecule has 138 valence electrons. The van der Waals surface area contributed by atoms with Crippen molar-refractivity contribution in [2.45, 2.75) is 59.8 Å². The van der Waals surface area contributed by atoms with E-state index in [9.17, 15) is 0 Å². The number of unbranched alkanes of at least 4 members (excludes halogenated alkanes) is 2. The summed E-state index contributed by atoms with van der Waals surface area (Å²) in [6, 6.07) is 0. The van der Waals surface area contributed by atoms with Gasteiger partial charge in [-0.1, -0.05) is 52.8 Å². The highest BCUT2D eigenvalue weighted by Crippen LogP contribution is 2.03.